The van der Waals surface area contributed by atoms with Gasteiger partial charge in [0.1, 0.15) is 6.61 Å². The zero-order valence-corrected chi connectivity index (χ0v) is 15.4. The smallest absolute Gasteiger partial charge is 0.416 e. The fourth-order valence-electron chi connectivity index (χ4n) is 2.55. The molecule has 0 saturated heterocycles. The molecule has 1 aromatic heterocycles. The van der Waals surface area contributed by atoms with Crippen molar-refractivity contribution in [3.63, 3.8) is 0 Å². The molecule has 0 saturated carbocycles. The van der Waals surface area contributed by atoms with Crippen LogP contribution in [0.4, 0.5) is 24.7 Å². The summed E-state index contributed by atoms with van der Waals surface area (Å²) in [6.07, 6.45) is -2.90. The predicted molar refractivity (Wildman–Crippen MR) is 105 cm³/mol. The van der Waals surface area contributed by atoms with Gasteiger partial charge in [0, 0.05) is 11.9 Å². The molecule has 0 radical (unpaired) electrons. The molecule has 3 aromatic rings. The van der Waals surface area contributed by atoms with Crippen molar-refractivity contribution < 1.29 is 17.9 Å². The van der Waals surface area contributed by atoms with Crippen molar-refractivity contribution in [1.82, 2.24) is 4.98 Å². The van der Waals surface area contributed by atoms with Crippen molar-refractivity contribution in [2.24, 2.45) is 5.73 Å². The highest BCUT2D eigenvalue weighted by molar-refractivity contribution is 7.80. The van der Waals surface area contributed by atoms with Gasteiger partial charge in [-0.25, -0.2) is 4.98 Å². The SMILES string of the molecule is NC(=S)N(c1ccc(C(F)(F)F)cc1)c1ncccc1OCc1ccccc1. The van der Waals surface area contributed by atoms with E-state index in [0.717, 1.165) is 17.7 Å². The lowest BCUT2D eigenvalue weighted by Crippen LogP contribution is -2.32. The molecule has 0 fully saturated rings. The number of thiocarbonyl (C=S) groups is 1. The second-order valence-electron chi connectivity index (χ2n) is 5.82. The first-order valence-electron chi connectivity index (χ1n) is 8.25. The Morgan fingerprint density at radius 1 is 1.00 bits per heavy atom. The van der Waals surface area contributed by atoms with Gasteiger partial charge in [0.25, 0.3) is 0 Å². The van der Waals surface area contributed by atoms with Crippen LogP contribution in [0.5, 0.6) is 5.75 Å². The van der Waals surface area contributed by atoms with Crippen LogP contribution in [0.2, 0.25) is 0 Å². The third-order valence-electron chi connectivity index (χ3n) is 3.87. The van der Waals surface area contributed by atoms with Crippen molar-refractivity contribution in [2.45, 2.75) is 12.8 Å². The van der Waals surface area contributed by atoms with Crippen molar-refractivity contribution in [2.75, 3.05) is 4.90 Å². The number of halogens is 3. The first kappa shape index (κ1) is 19.6. The van der Waals surface area contributed by atoms with Crippen LogP contribution in [0.3, 0.4) is 0 Å². The number of alkyl halides is 3. The summed E-state index contributed by atoms with van der Waals surface area (Å²) in [4.78, 5) is 5.64. The molecule has 0 unspecified atom stereocenters. The molecule has 0 atom stereocenters. The van der Waals surface area contributed by atoms with Crippen LogP contribution in [0.1, 0.15) is 11.1 Å². The number of nitrogens with two attached hydrogens (primary N) is 1. The Hall–Kier alpha value is -3.13. The Balaban J connectivity index is 1.91. The van der Waals surface area contributed by atoms with E-state index in [0.29, 0.717) is 17.3 Å². The van der Waals surface area contributed by atoms with Gasteiger partial charge in [-0.2, -0.15) is 13.2 Å². The number of nitrogens with zero attached hydrogens (tertiary/aromatic N) is 2. The Labute approximate surface area is 165 Å². The summed E-state index contributed by atoms with van der Waals surface area (Å²) in [5.41, 5.74) is 6.38. The van der Waals surface area contributed by atoms with Crippen molar-refractivity contribution >= 4 is 28.8 Å². The van der Waals surface area contributed by atoms with E-state index < -0.39 is 11.7 Å². The number of aromatic nitrogens is 1. The Morgan fingerprint density at radius 2 is 1.68 bits per heavy atom. The minimum atomic E-state index is -4.43. The highest BCUT2D eigenvalue weighted by Gasteiger charge is 2.30. The molecule has 3 rings (SSSR count). The number of ether oxygens (including phenoxy) is 1. The van der Waals surface area contributed by atoms with Gasteiger partial charge in [-0.1, -0.05) is 30.3 Å². The molecule has 0 aliphatic heterocycles. The van der Waals surface area contributed by atoms with Gasteiger partial charge in [-0.05, 0) is 54.2 Å². The molecule has 0 spiro atoms. The topological polar surface area (TPSA) is 51.4 Å². The fourth-order valence-corrected chi connectivity index (χ4v) is 2.74. The third-order valence-corrected chi connectivity index (χ3v) is 4.06. The largest absolute Gasteiger partial charge is 0.485 e. The lowest BCUT2D eigenvalue weighted by Gasteiger charge is -2.24. The van der Waals surface area contributed by atoms with E-state index in [2.05, 4.69) is 4.98 Å². The molecule has 0 aliphatic rings. The van der Waals surface area contributed by atoms with Crippen LogP contribution < -0.4 is 15.4 Å². The molecule has 0 aliphatic carbocycles. The minimum Gasteiger partial charge on any atom is -0.485 e. The second-order valence-corrected chi connectivity index (χ2v) is 6.24. The number of hydrogen-bond donors (Lipinski definition) is 1. The van der Waals surface area contributed by atoms with Gasteiger partial charge in [0.15, 0.2) is 16.7 Å². The number of rotatable bonds is 5. The van der Waals surface area contributed by atoms with E-state index in [-0.39, 0.29) is 11.7 Å². The minimum absolute atomic E-state index is 0.0666. The van der Waals surface area contributed by atoms with E-state index in [1.54, 1.807) is 12.1 Å². The fraction of sp³-hybridized carbons (Fsp3) is 0.100. The molecule has 2 aromatic carbocycles. The highest BCUT2D eigenvalue weighted by atomic mass is 32.1. The summed E-state index contributed by atoms with van der Waals surface area (Å²) in [6.45, 7) is 0.289. The van der Waals surface area contributed by atoms with E-state index >= 15 is 0 Å². The molecule has 4 nitrogen and oxygen atoms in total. The molecule has 0 bridgehead atoms. The quantitative estimate of drug-likeness (QED) is 0.604. The van der Waals surface area contributed by atoms with Gasteiger partial charge in [0.05, 0.1) is 5.56 Å². The summed E-state index contributed by atoms with van der Waals surface area (Å²) in [6, 6.07) is 17.4. The van der Waals surface area contributed by atoms with Crippen LogP contribution in [-0.4, -0.2) is 10.1 Å². The number of benzene rings is 2. The first-order valence-corrected chi connectivity index (χ1v) is 8.65. The van der Waals surface area contributed by atoms with Crippen LogP contribution in [0.15, 0.2) is 72.9 Å². The molecule has 0 amide bonds. The Bertz CT molecular complexity index is 947. The normalized spacial score (nSPS) is 11.1. The van der Waals surface area contributed by atoms with Gasteiger partial charge in [-0.3, -0.25) is 4.90 Å². The summed E-state index contributed by atoms with van der Waals surface area (Å²) >= 11 is 5.11. The molecule has 1 heterocycles. The van der Waals surface area contributed by atoms with Crippen molar-refractivity contribution in [1.29, 1.82) is 0 Å². The van der Waals surface area contributed by atoms with Gasteiger partial charge in [0.2, 0.25) is 0 Å². The molecule has 8 heteroatoms. The maximum atomic E-state index is 12.8. The zero-order chi connectivity index (χ0) is 20.1. The van der Waals surface area contributed by atoms with E-state index in [1.165, 1.54) is 23.2 Å². The maximum absolute atomic E-state index is 12.8. The third kappa shape index (κ3) is 4.58. The van der Waals surface area contributed by atoms with E-state index in [9.17, 15) is 13.2 Å². The first-order chi connectivity index (χ1) is 13.4. The van der Waals surface area contributed by atoms with Crippen molar-refractivity contribution in [3.8, 4) is 5.75 Å². The lowest BCUT2D eigenvalue weighted by molar-refractivity contribution is -0.137. The Morgan fingerprint density at radius 3 is 2.29 bits per heavy atom. The molecule has 2 N–H and O–H groups in total. The Kier molecular flexibility index (Phi) is 5.79. The summed E-state index contributed by atoms with van der Waals surface area (Å²) in [5, 5.41) is -0.0666. The van der Waals surface area contributed by atoms with Crippen LogP contribution in [0, 0.1) is 0 Å². The lowest BCUT2D eigenvalue weighted by atomic mass is 10.2. The van der Waals surface area contributed by atoms with Gasteiger partial charge < -0.3 is 10.5 Å². The number of hydrogen-bond acceptors (Lipinski definition) is 3. The molecular weight excluding hydrogens is 387 g/mol. The van der Waals surface area contributed by atoms with Gasteiger partial charge in [-0.15, -0.1) is 0 Å². The molecule has 144 valence electrons. The summed E-state index contributed by atoms with van der Waals surface area (Å²) in [7, 11) is 0. The molecule has 28 heavy (non-hydrogen) atoms. The molecular formula is C20H16F3N3OS. The monoisotopic (exact) mass is 403 g/mol. The van der Waals surface area contributed by atoms with Crippen LogP contribution >= 0.6 is 12.2 Å². The maximum Gasteiger partial charge on any atom is 0.416 e. The highest BCUT2D eigenvalue weighted by Crippen LogP contribution is 2.35. The summed E-state index contributed by atoms with van der Waals surface area (Å²) < 4.78 is 44.3. The van der Waals surface area contributed by atoms with E-state index in [1.807, 2.05) is 30.3 Å². The number of anilines is 2. The van der Waals surface area contributed by atoms with Crippen molar-refractivity contribution in [3.05, 3.63) is 84.1 Å². The number of pyridine rings is 1. The predicted octanol–water partition coefficient (Wildman–Crippen LogP) is 5.06. The van der Waals surface area contributed by atoms with Crippen LogP contribution in [0.25, 0.3) is 0 Å². The average molecular weight is 403 g/mol. The van der Waals surface area contributed by atoms with Gasteiger partial charge >= 0.3 is 6.18 Å². The average Bonchev–Trinajstić information content (AvgIpc) is 2.68. The summed E-state index contributed by atoms with van der Waals surface area (Å²) in [5.74, 6) is 0.699. The van der Waals surface area contributed by atoms with E-state index in [4.69, 9.17) is 22.7 Å². The van der Waals surface area contributed by atoms with Crippen LogP contribution in [-0.2, 0) is 12.8 Å². The standard InChI is InChI=1S/C20H16F3N3OS/c21-20(22,23)15-8-10-16(11-9-15)26(19(24)28)18-17(7-4-12-25-18)27-13-14-5-2-1-3-6-14/h1-12H,13H2,(H2,24,28). The zero-order valence-electron chi connectivity index (χ0n) is 14.6. The second kappa shape index (κ2) is 8.26.